The third-order valence-corrected chi connectivity index (χ3v) is 8.44. The van der Waals surface area contributed by atoms with Crippen LogP contribution in [0.25, 0.3) is 0 Å². The number of nitrogens with one attached hydrogen (secondary N) is 1. The summed E-state index contributed by atoms with van der Waals surface area (Å²) in [6.07, 6.45) is 1.98. The highest BCUT2D eigenvalue weighted by atomic mass is 79.9. The van der Waals surface area contributed by atoms with Crippen LogP contribution in [0.3, 0.4) is 0 Å². The topological polar surface area (TPSA) is 157 Å². The van der Waals surface area contributed by atoms with Crippen molar-refractivity contribution in [3.05, 3.63) is 85.4 Å². The van der Waals surface area contributed by atoms with Crippen molar-refractivity contribution in [2.45, 2.75) is 70.1 Å². The number of ether oxygens (including phenoxy) is 1. The lowest BCUT2D eigenvalue weighted by atomic mass is 9.78. The van der Waals surface area contributed by atoms with Gasteiger partial charge in [-0.05, 0) is 79.7 Å². The number of non-ortho nitro benzene ring substituents is 1. The molecule has 11 nitrogen and oxygen atoms in total. The number of halogens is 1. The van der Waals surface area contributed by atoms with Gasteiger partial charge in [0.05, 0.1) is 22.7 Å². The Labute approximate surface area is 265 Å². The van der Waals surface area contributed by atoms with Crippen LogP contribution in [0.2, 0.25) is 0 Å². The van der Waals surface area contributed by atoms with Gasteiger partial charge in [0, 0.05) is 18.6 Å². The van der Waals surface area contributed by atoms with E-state index in [1.54, 1.807) is 0 Å². The molecule has 1 amide bonds. The second kappa shape index (κ2) is 13.3. The first-order valence-electron chi connectivity index (χ1n) is 13.6. The fourth-order valence-electron chi connectivity index (χ4n) is 4.26. The minimum absolute atomic E-state index is 0.0641. The van der Waals surface area contributed by atoms with Crippen LogP contribution < -0.4 is 14.3 Å². The summed E-state index contributed by atoms with van der Waals surface area (Å²) in [5.74, 6) is -0.103. The van der Waals surface area contributed by atoms with Crippen LogP contribution in [0.1, 0.15) is 70.2 Å². The first-order chi connectivity index (χ1) is 20.3. The number of hydrogen-bond donors (Lipinski definition) is 2. The largest absolute Gasteiger partial charge is 0.507 e. The number of carbonyl (C=O) groups excluding carboxylic acids is 1. The maximum atomic E-state index is 12.8. The third kappa shape index (κ3) is 8.56. The summed E-state index contributed by atoms with van der Waals surface area (Å²) in [5, 5.41) is 25.8. The molecule has 44 heavy (non-hydrogen) atoms. The molecule has 2 N–H and O–H groups in total. The molecule has 0 saturated heterocycles. The number of hydrogen-bond acceptors (Lipinski definition) is 9. The molecule has 0 aromatic heterocycles. The van der Waals surface area contributed by atoms with Gasteiger partial charge >= 0.3 is 10.1 Å². The summed E-state index contributed by atoms with van der Waals surface area (Å²) in [6.45, 7) is 12.2. The van der Waals surface area contributed by atoms with E-state index in [2.05, 4.69) is 26.5 Å². The molecule has 3 aromatic carbocycles. The molecule has 0 spiro atoms. The minimum Gasteiger partial charge on any atom is -0.507 e. The average Bonchev–Trinajstić information content (AvgIpc) is 2.92. The van der Waals surface area contributed by atoms with E-state index in [9.17, 15) is 28.4 Å². The summed E-state index contributed by atoms with van der Waals surface area (Å²) in [7, 11) is -3.01. The van der Waals surface area contributed by atoms with E-state index in [4.69, 9.17) is 8.92 Å². The second-order valence-corrected chi connectivity index (χ2v) is 14.6. The number of phenolic OH excluding ortho intramolecular Hbond substituents is 1. The third-order valence-electron chi connectivity index (χ3n) is 6.61. The molecule has 0 atom stereocenters. The van der Waals surface area contributed by atoms with Crippen LogP contribution in [0.5, 0.6) is 17.2 Å². The van der Waals surface area contributed by atoms with Gasteiger partial charge in [0.25, 0.3) is 5.69 Å². The van der Waals surface area contributed by atoms with E-state index in [-0.39, 0.29) is 55.5 Å². The Balaban J connectivity index is 1.71. The maximum Gasteiger partial charge on any atom is 0.339 e. The van der Waals surface area contributed by atoms with Crippen LogP contribution in [0.15, 0.2) is 63.0 Å². The Kier molecular flexibility index (Phi) is 10.5. The van der Waals surface area contributed by atoms with Crippen molar-refractivity contribution in [2.24, 2.45) is 5.10 Å². The number of methoxy groups -OCH3 is 1. The van der Waals surface area contributed by atoms with Crippen LogP contribution in [0.4, 0.5) is 5.69 Å². The predicted molar refractivity (Wildman–Crippen MR) is 171 cm³/mol. The lowest BCUT2D eigenvalue weighted by molar-refractivity contribution is -0.384. The van der Waals surface area contributed by atoms with Gasteiger partial charge in [0.2, 0.25) is 5.91 Å². The number of benzene rings is 3. The quantitative estimate of drug-likeness (QED) is 0.105. The SMILES string of the molecule is COc1cc(/C=N\NC(=O)CCc2cc(C(C)(C)C)c(O)c(C(C)(C)C)c2)cc(Br)c1OS(=O)(=O)c1ccc([N+](=O)[O-])cc1. The molecular weight excluding hydrogens is 654 g/mol. The Hall–Kier alpha value is -3.97. The molecule has 0 aliphatic heterocycles. The molecule has 13 heteroatoms. The van der Waals surface area contributed by atoms with Crippen molar-refractivity contribution in [3.8, 4) is 17.2 Å². The van der Waals surface area contributed by atoms with Crippen LogP contribution in [-0.2, 0) is 32.2 Å². The van der Waals surface area contributed by atoms with Gasteiger partial charge < -0.3 is 14.0 Å². The first kappa shape index (κ1) is 34.5. The van der Waals surface area contributed by atoms with E-state index < -0.39 is 15.0 Å². The van der Waals surface area contributed by atoms with Crippen molar-refractivity contribution in [3.63, 3.8) is 0 Å². The number of aromatic hydroxyl groups is 1. The highest BCUT2D eigenvalue weighted by molar-refractivity contribution is 9.10. The zero-order chi connectivity index (χ0) is 33.0. The molecule has 0 radical (unpaired) electrons. The summed E-state index contributed by atoms with van der Waals surface area (Å²) < 4.78 is 36.4. The molecule has 0 unspecified atom stereocenters. The normalized spacial score (nSPS) is 12.3. The Morgan fingerprint density at radius 1 is 1.05 bits per heavy atom. The van der Waals surface area contributed by atoms with Gasteiger partial charge in [-0.25, -0.2) is 5.43 Å². The number of nitro groups is 1. The van der Waals surface area contributed by atoms with E-state index in [1.807, 2.05) is 53.7 Å². The van der Waals surface area contributed by atoms with E-state index in [1.165, 1.54) is 25.5 Å². The van der Waals surface area contributed by atoms with Gasteiger partial charge in [-0.1, -0.05) is 53.7 Å². The molecule has 0 fully saturated rings. The van der Waals surface area contributed by atoms with E-state index in [0.29, 0.717) is 12.0 Å². The van der Waals surface area contributed by atoms with E-state index >= 15 is 0 Å². The highest BCUT2D eigenvalue weighted by Crippen LogP contribution is 2.40. The van der Waals surface area contributed by atoms with Crippen LogP contribution in [-0.4, -0.2) is 37.7 Å². The first-order valence-corrected chi connectivity index (χ1v) is 15.8. The highest BCUT2D eigenvalue weighted by Gasteiger charge is 2.27. The standard InChI is InChI=1S/C31H36BrN3O8S/c1-30(2,3)23-14-19(15-24(28(23)37)31(4,5)6)8-13-27(36)34-33-18-20-16-25(32)29(26(17-20)42-7)43-44(40,41)22-11-9-21(10-12-22)35(38)39/h9-12,14-18,37H,8,13H2,1-7H3,(H,34,36)/b33-18-. The molecule has 0 heterocycles. The Morgan fingerprint density at radius 3 is 2.11 bits per heavy atom. The second-order valence-electron chi connectivity index (χ2n) is 12.2. The molecule has 0 bridgehead atoms. The number of carbonyl (C=O) groups is 1. The summed E-state index contributed by atoms with van der Waals surface area (Å²) in [5.41, 5.74) is 4.73. The van der Waals surface area contributed by atoms with Crippen molar-refractivity contribution < 1.29 is 32.2 Å². The van der Waals surface area contributed by atoms with E-state index in [0.717, 1.165) is 41.0 Å². The molecule has 3 rings (SSSR count). The number of aryl methyl sites for hydroxylation is 1. The summed E-state index contributed by atoms with van der Waals surface area (Å²) in [6, 6.07) is 11.2. The van der Waals surface area contributed by atoms with Crippen molar-refractivity contribution >= 4 is 43.9 Å². The monoisotopic (exact) mass is 689 g/mol. The molecule has 236 valence electrons. The van der Waals surface area contributed by atoms with Gasteiger partial charge in [-0.2, -0.15) is 13.5 Å². The fraction of sp³-hybridized carbons (Fsp3) is 0.355. The molecule has 0 saturated carbocycles. The van der Waals surface area contributed by atoms with Gasteiger partial charge in [-0.15, -0.1) is 0 Å². The number of phenols is 1. The number of amides is 1. The molecule has 3 aromatic rings. The summed E-state index contributed by atoms with van der Waals surface area (Å²) in [4.78, 5) is 22.6. The predicted octanol–water partition coefficient (Wildman–Crippen LogP) is 6.52. The fourth-order valence-corrected chi connectivity index (χ4v) is 5.87. The number of nitro benzene ring substituents is 1. The number of rotatable bonds is 10. The number of nitrogens with zero attached hydrogens (tertiary/aromatic N) is 2. The Morgan fingerprint density at radius 2 is 1.61 bits per heavy atom. The average molecular weight is 691 g/mol. The number of hydrazone groups is 1. The van der Waals surface area contributed by atoms with Gasteiger partial charge in [0.1, 0.15) is 10.6 Å². The van der Waals surface area contributed by atoms with Crippen LogP contribution in [0, 0.1) is 10.1 Å². The van der Waals surface area contributed by atoms with Crippen LogP contribution >= 0.6 is 15.9 Å². The van der Waals surface area contributed by atoms with Crippen molar-refractivity contribution in [2.75, 3.05) is 7.11 Å². The minimum atomic E-state index is -4.34. The van der Waals surface area contributed by atoms with Crippen molar-refractivity contribution in [1.82, 2.24) is 5.43 Å². The lowest BCUT2D eigenvalue weighted by Gasteiger charge is -2.28. The zero-order valence-electron chi connectivity index (χ0n) is 25.6. The molecular formula is C31H36BrN3O8S. The molecule has 0 aliphatic carbocycles. The maximum absolute atomic E-state index is 12.8. The van der Waals surface area contributed by atoms with Gasteiger partial charge in [0.15, 0.2) is 11.5 Å². The lowest BCUT2D eigenvalue weighted by Crippen LogP contribution is -2.20. The zero-order valence-corrected chi connectivity index (χ0v) is 28.0. The smallest absolute Gasteiger partial charge is 0.339 e. The summed E-state index contributed by atoms with van der Waals surface area (Å²) >= 11 is 3.29. The molecule has 0 aliphatic rings. The van der Waals surface area contributed by atoms with Crippen molar-refractivity contribution in [1.29, 1.82) is 0 Å². The van der Waals surface area contributed by atoms with Gasteiger partial charge in [-0.3, -0.25) is 14.9 Å². The Bertz CT molecular complexity index is 1660.